The number of aliphatic hydroxyl groups is 2. The van der Waals surface area contributed by atoms with Crippen molar-refractivity contribution in [3.63, 3.8) is 0 Å². The van der Waals surface area contributed by atoms with E-state index in [1.807, 2.05) is 6.08 Å². The molecule has 0 aromatic heterocycles. The van der Waals surface area contributed by atoms with Crippen LogP contribution in [0.1, 0.15) is 61.3 Å². The van der Waals surface area contributed by atoms with Gasteiger partial charge in [-0.3, -0.25) is 0 Å². The summed E-state index contributed by atoms with van der Waals surface area (Å²) in [6.07, 6.45) is 4.86. The molecule has 1 aliphatic carbocycles. The second-order valence-corrected chi connectivity index (χ2v) is 14.4. The first-order valence-corrected chi connectivity index (χ1v) is 11.8. The normalized spacial score (nSPS) is 33.9. The van der Waals surface area contributed by atoms with E-state index in [-0.39, 0.29) is 22.5 Å². The van der Waals surface area contributed by atoms with Crippen LogP contribution in [0.2, 0.25) is 18.1 Å². The van der Waals surface area contributed by atoms with Gasteiger partial charge in [0, 0.05) is 6.10 Å². The van der Waals surface area contributed by atoms with Crippen LogP contribution in [0.3, 0.4) is 0 Å². The third-order valence-electron chi connectivity index (χ3n) is 6.09. The summed E-state index contributed by atoms with van der Waals surface area (Å²) in [7, 11) is -1.81. The molecule has 0 saturated heterocycles. The van der Waals surface area contributed by atoms with Gasteiger partial charge in [0.2, 0.25) is 0 Å². The molecule has 3 nitrogen and oxygen atoms in total. The molecule has 1 fully saturated rings. The van der Waals surface area contributed by atoms with Crippen molar-refractivity contribution in [3.8, 4) is 0 Å². The maximum Gasteiger partial charge on any atom is 0.192 e. The average Bonchev–Trinajstić information content (AvgIpc) is 2.31. The Hall–Kier alpha value is -0.163. The lowest BCUT2D eigenvalue weighted by molar-refractivity contribution is -0.125. The van der Waals surface area contributed by atoms with E-state index in [0.717, 1.165) is 12.8 Å². The first-order valence-electron chi connectivity index (χ1n) is 8.90. The molecule has 0 spiro atoms. The first-order chi connectivity index (χ1) is 10.1. The molecule has 0 heterocycles. The van der Waals surface area contributed by atoms with Crippen LogP contribution in [0.25, 0.3) is 0 Å². The van der Waals surface area contributed by atoms with E-state index < -0.39 is 20.0 Å². The minimum Gasteiger partial charge on any atom is -0.414 e. The van der Waals surface area contributed by atoms with E-state index in [4.69, 9.17) is 4.43 Å². The third kappa shape index (κ3) is 4.47. The number of rotatable bonds is 4. The Labute approximate surface area is 144 Å². The summed E-state index contributed by atoms with van der Waals surface area (Å²) in [5.41, 5.74) is -1.19. The van der Waals surface area contributed by atoms with Crippen molar-refractivity contribution in [1.82, 2.24) is 0 Å². The smallest absolute Gasteiger partial charge is 0.192 e. The Morgan fingerprint density at radius 1 is 1.26 bits per heavy atom. The number of aliphatic hydroxyl groups excluding tert-OH is 1. The topological polar surface area (TPSA) is 49.7 Å². The molecule has 0 aliphatic heterocycles. The lowest BCUT2D eigenvalue weighted by Crippen LogP contribution is -2.57. The monoisotopic (exact) mass is 342 g/mol. The first kappa shape index (κ1) is 20.9. The van der Waals surface area contributed by atoms with E-state index in [1.165, 1.54) is 0 Å². The van der Waals surface area contributed by atoms with Crippen LogP contribution in [0, 0.1) is 11.3 Å². The molecule has 1 saturated carbocycles. The average molecular weight is 343 g/mol. The molecule has 4 heteroatoms. The molecule has 0 bridgehead atoms. The van der Waals surface area contributed by atoms with Crippen molar-refractivity contribution < 1.29 is 14.6 Å². The van der Waals surface area contributed by atoms with Gasteiger partial charge < -0.3 is 14.6 Å². The van der Waals surface area contributed by atoms with Gasteiger partial charge in [-0.2, -0.15) is 0 Å². The molecule has 2 N–H and O–H groups in total. The molecular weight excluding hydrogens is 304 g/mol. The van der Waals surface area contributed by atoms with Gasteiger partial charge in [0.1, 0.15) is 0 Å². The minimum absolute atomic E-state index is 0.0935. The van der Waals surface area contributed by atoms with Gasteiger partial charge in [-0.1, -0.05) is 53.7 Å². The predicted molar refractivity (Wildman–Crippen MR) is 100 cm³/mol. The molecule has 0 aromatic rings. The Morgan fingerprint density at radius 2 is 1.78 bits per heavy atom. The number of hydrogen-bond donors (Lipinski definition) is 2. The Balaban J connectivity index is 2.97. The molecule has 1 aliphatic rings. The fraction of sp³-hybridized carbons (Fsp3) is 0.895. The second-order valence-electron chi connectivity index (χ2n) is 9.65. The summed E-state index contributed by atoms with van der Waals surface area (Å²) in [4.78, 5) is 0. The van der Waals surface area contributed by atoms with Crippen LogP contribution in [0.15, 0.2) is 12.2 Å². The van der Waals surface area contributed by atoms with Crippen LogP contribution in [0.5, 0.6) is 0 Å². The summed E-state index contributed by atoms with van der Waals surface area (Å²) in [6.45, 7) is 19.4. The Morgan fingerprint density at radius 3 is 2.17 bits per heavy atom. The van der Waals surface area contributed by atoms with Crippen molar-refractivity contribution in [2.45, 2.75) is 97.2 Å². The van der Waals surface area contributed by atoms with Crippen molar-refractivity contribution in [3.05, 3.63) is 12.2 Å². The van der Waals surface area contributed by atoms with Crippen molar-refractivity contribution in [1.29, 1.82) is 0 Å². The fourth-order valence-electron chi connectivity index (χ4n) is 3.42. The highest BCUT2D eigenvalue weighted by Gasteiger charge is 2.52. The summed E-state index contributed by atoms with van der Waals surface area (Å²) in [5, 5.41) is 21.0. The van der Waals surface area contributed by atoms with Crippen LogP contribution in [-0.4, -0.2) is 36.3 Å². The van der Waals surface area contributed by atoms with Gasteiger partial charge >= 0.3 is 0 Å². The zero-order valence-electron chi connectivity index (χ0n) is 16.6. The number of hydrogen-bond acceptors (Lipinski definition) is 3. The highest BCUT2D eigenvalue weighted by Crippen LogP contribution is 2.50. The zero-order chi connectivity index (χ0) is 18.3. The molecule has 0 radical (unpaired) electrons. The van der Waals surface area contributed by atoms with E-state index in [0.29, 0.717) is 0 Å². The van der Waals surface area contributed by atoms with Gasteiger partial charge in [-0.05, 0) is 49.2 Å². The van der Waals surface area contributed by atoms with Crippen LogP contribution >= 0.6 is 0 Å². The maximum atomic E-state index is 11.3. The van der Waals surface area contributed by atoms with Crippen molar-refractivity contribution >= 4 is 8.32 Å². The zero-order valence-corrected chi connectivity index (χ0v) is 17.6. The third-order valence-corrected chi connectivity index (χ3v) is 10.6. The van der Waals surface area contributed by atoms with E-state index in [9.17, 15) is 10.2 Å². The molecule has 0 amide bonds. The van der Waals surface area contributed by atoms with Gasteiger partial charge in [0.25, 0.3) is 0 Å². The van der Waals surface area contributed by atoms with E-state index in [1.54, 1.807) is 13.0 Å². The van der Waals surface area contributed by atoms with Crippen LogP contribution in [-0.2, 0) is 4.43 Å². The standard InChI is InChI=1S/C19H38O3Si/c1-14-12-16(22-23(8,9)17(3,4)5)13-18(6,7)19(14,21)11-10-15(2)20/h10-11,14-16,20-21H,12-13H2,1-9H3/b11-10+/t14-,15?,16+,19-/m1/s1. The minimum atomic E-state index is -1.81. The summed E-state index contributed by atoms with van der Waals surface area (Å²) < 4.78 is 6.62. The van der Waals surface area contributed by atoms with Crippen molar-refractivity contribution in [2.24, 2.45) is 11.3 Å². The molecule has 136 valence electrons. The molecule has 23 heavy (non-hydrogen) atoms. The Kier molecular flexibility index (Phi) is 6.01. The Bertz CT molecular complexity index is 434. The molecule has 0 aromatic carbocycles. The van der Waals surface area contributed by atoms with Crippen molar-refractivity contribution in [2.75, 3.05) is 0 Å². The maximum absolute atomic E-state index is 11.3. The molecule has 1 rings (SSSR count). The van der Waals surface area contributed by atoms with Gasteiger partial charge in [-0.25, -0.2) is 0 Å². The summed E-state index contributed by atoms with van der Waals surface area (Å²) in [5.74, 6) is 0.0935. The highest BCUT2D eigenvalue weighted by molar-refractivity contribution is 6.74. The largest absolute Gasteiger partial charge is 0.414 e. The van der Waals surface area contributed by atoms with E-state index in [2.05, 4.69) is 54.6 Å². The molecular formula is C19H38O3Si. The summed E-state index contributed by atoms with van der Waals surface area (Å²) in [6, 6.07) is 0. The van der Waals surface area contributed by atoms with Gasteiger partial charge in [0.05, 0.1) is 11.7 Å². The fourth-order valence-corrected chi connectivity index (χ4v) is 4.78. The quantitative estimate of drug-likeness (QED) is 0.584. The molecule has 1 unspecified atom stereocenters. The van der Waals surface area contributed by atoms with Gasteiger partial charge in [-0.15, -0.1) is 0 Å². The highest BCUT2D eigenvalue weighted by atomic mass is 28.4. The lowest BCUT2D eigenvalue weighted by Gasteiger charge is -2.53. The summed E-state index contributed by atoms with van der Waals surface area (Å²) >= 11 is 0. The van der Waals surface area contributed by atoms with Crippen LogP contribution < -0.4 is 0 Å². The lowest BCUT2D eigenvalue weighted by atomic mass is 9.60. The molecule has 4 atom stereocenters. The predicted octanol–water partition coefficient (Wildman–Crippen LogP) is 4.50. The second kappa shape index (κ2) is 6.62. The SMILES string of the molecule is CC(O)/C=C/[C@@]1(O)[C@H](C)C[C@H](O[Si](C)(C)C(C)(C)C)CC1(C)C. The van der Waals surface area contributed by atoms with E-state index >= 15 is 0 Å². The van der Waals surface area contributed by atoms with Gasteiger partial charge in [0.15, 0.2) is 8.32 Å². The van der Waals surface area contributed by atoms with Crippen LogP contribution in [0.4, 0.5) is 0 Å².